The van der Waals surface area contributed by atoms with Crippen molar-refractivity contribution in [2.75, 3.05) is 19.0 Å². The van der Waals surface area contributed by atoms with Crippen molar-refractivity contribution >= 4 is 17.7 Å². The van der Waals surface area contributed by atoms with Crippen LogP contribution in [-0.2, 0) is 4.79 Å². The number of fused-ring (bicyclic) bond motifs is 1. The van der Waals surface area contributed by atoms with Gasteiger partial charge in [-0.15, -0.1) is 11.8 Å². The first-order chi connectivity index (χ1) is 8.99. The monoisotopic (exact) mass is 282 g/mol. The summed E-state index contributed by atoms with van der Waals surface area (Å²) in [5.41, 5.74) is -0.680. The largest absolute Gasteiger partial charge is 0.486 e. The van der Waals surface area contributed by atoms with Crippen molar-refractivity contribution < 1.29 is 19.4 Å². The number of ether oxygens (including phenoxy) is 2. The lowest BCUT2D eigenvalue weighted by atomic mass is 9.91. The van der Waals surface area contributed by atoms with Crippen LogP contribution in [0.5, 0.6) is 11.5 Å². The van der Waals surface area contributed by atoms with Crippen LogP contribution in [0.2, 0.25) is 0 Å². The topological polar surface area (TPSA) is 55.8 Å². The van der Waals surface area contributed by atoms with Crippen LogP contribution in [0.3, 0.4) is 0 Å². The fourth-order valence-corrected chi connectivity index (χ4v) is 2.85. The summed E-state index contributed by atoms with van der Waals surface area (Å²) in [6, 6.07) is 5.83. The van der Waals surface area contributed by atoms with E-state index in [1.54, 1.807) is 25.6 Å². The van der Waals surface area contributed by atoms with Crippen LogP contribution in [0.15, 0.2) is 23.1 Å². The van der Waals surface area contributed by atoms with Gasteiger partial charge in [-0.2, -0.15) is 0 Å². The molecule has 1 heterocycles. The van der Waals surface area contributed by atoms with E-state index in [0.717, 1.165) is 22.1 Å². The van der Waals surface area contributed by atoms with Crippen molar-refractivity contribution in [3.05, 3.63) is 18.2 Å². The van der Waals surface area contributed by atoms with E-state index < -0.39 is 11.4 Å². The van der Waals surface area contributed by atoms with Crippen molar-refractivity contribution in [3.63, 3.8) is 0 Å². The molecular weight excluding hydrogens is 264 g/mol. The molecule has 0 saturated heterocycles. The summed E-state index contributed by atoms with van der Waals surface area (Å²) in [7, 11) is 0. The van der Waals surface area contributed by atoms with Crippen LogP contribution in [0, 0.1) is 5.41 Å². The predicted octanol–water partition coefficient (Wildman–Crippen LogP) is 3.05. The zero-order valence-electron chi connectivity index (χ0n) is 11.1. The van der Waals surface area contributed by atoms with Crippen molar-refractivity contribution in [1.82, 2.24) is 0 Å². The normalized spacial score (nSPS) is 14.2. The van der Waals surface area contributed by atoms with Gasteiger partial charge in [0.15, 0.2) is 11.5 Å². The molecule has 5 heteroatoms. The lowest BCUT2D eigenvalue weighted by Crippen LogP contribution is -2.24. The Kier molecular flexibility index (Phi) is 4.24. The van der Waals surface area contributed by atoms with Crippen LogP contribution < -0.4 is 9.47 Å². The molecule has 2 rings (SSSR count). The van der Waals surface area contributed by atoms with Gasteiger partial charge in [-0.05, 0) is 44.2 Å². The Hall–Kier alpha value is -1.36. The van der Waals surface area contributed by atoms with Crippen LogP contribution in [0.25, 0.3) is 0 Å². The molecule has 0 aliphatic carbocycles. The summed E-state index contributed by atoms with van der Waals surface area (Å²) in [5, 5.41) is 9.05. The average Bonchev–Trinajstić information content (AvgIpc) is 2.38. The molecule has 1 N–H and O–H groups in total. The quantitative estimate of drug-likeness (QED) is 0.841. The zero-order chi connectivity index (χ0) is 13.9. The third-order valence-corrected chi connectivity index (χ3v) is 4.08. The molecule has 0 amide bonds. The Morgan fingerprint density at radius 1 is 1.32 bits per heavy atom. The third kappa shape index (κ3) is 3.56. The van der Waals surface area contributed by atoms with Crippen LogP contribution in [0.1, 0.15) is 20.3 Å². The molecular formula is C14H18O4S. The number of thioether (sulfide) groups is 1. The molecule has 104 valence electrons. The fourth-order valence-electron chi connectivity index (χ4n) is 1.64. The molecule has 0 saturated carbocycles. The van der Waals surface area contributed by atoms with Crippen molar-refractivity contribution in [2.24, 2.45) is 5.41 Å². The van der Waals surface area contributed by atoms with Gasteiger partial charge in [0.05, 0.1) is 5.41 Å². The van der Waals surface area contributed by atoms with E-state index in [1.165, 1.54) is 0 Å². The average molecular weight is 282 g/mol. The Bertz CT molecular complexity index is 471. The summed E-state index contributed by atoms with van der Waals surface area (Å²) in [6.45, 7) is 4.67. The molecule has 0 fully saturated rings. The Morgan fingerprint density at radius 3 is 2.68 bits per heavy atom. The van der Waals surface area contributed by atoms with E-state index in [0.29, 0.717) is 19.6 Å². The second kappa shape index (κ2) is 5.74. The smallest absolute Gasteiger partial charge is 0.309 e. The van der Waals surface area contributed by atoms with Crippen LogP contribution >= 0.6 is 11.8 Å². The van der Waals surface area contributed by atoms with Crippen molar-refractivity contribution in [1.29, 1.82) is 0 Å². The number of hydrogen-bond acceptors (Lipinski definition) is 4. The molecule has 4 nitrogen and oxygen atoms in total. The molecule has 1 aromatic carbocycles. The first kappa shape index (κ1) is 14.1. The number of hydrogen-bond donors (Lipinski definition) is 1. The van der Waals surface area contributed by atoms with Gasteiger partial charge in [0.25, 0.3) is 0 Å². The maximum atomic E-state index is 11.0. The number of carboxylic acid groups (broad SMARTS) is 1. The lowest BCUT2D eigenvalue weighted by Gasteiger charge is -2.20. The molecule has 1 aliphatic heterocycles. The molecule has 0 spiro atoms. The maximum absolute atomic E-state index is 11.0. The number of aliphatic carboxylic acids is 1. The summed E-state index contributed by atoms with van der Waals surface area (Å²) >= 11 is 1.64. The van der Waals surface area contributed by atoms with Crippen LogP contribution in [-0.4, -0.2) is 30.0 Å². The highest BCUT2D eigenvalue weighted by atomic mass is 32.2. The summed E-state index contributed by atoms with van der Waals surface area (Å²) in [6.07, 6.45) is 0.626. The van der Waals surface area contributed by atoms with Crippen molar-refractivity contribution in [2.45, 2.75) is 25.2 Å². The van der Waals surface area contributed by atoms with E-state index in [-0.39, 0.29) is 0 Å². The number of carboxylic acids is 1. The summed E-state index contributed by atoms with van der Waals surface area (Å²) < 4.78 is 11.0. The van der Waals surface area contributed by atoms with Gasteiger partial charge in [-0.25, -0.2) is 0 Å². The summed E-state index contributed by atoms with van der Waals surface area (Å²) in [5.74, 6) is 1.56. The second-order valence-corrected chi connectivity index (χ2v) is 6.26. The first-order valence-corrected chi connectivity index (χ1v) is 7.23. The van der Waals surface area contributed by atoms with Crippen molar-refractivity contribution in [3.8, 4) is 11.5 Å². The van der Waals surface area contributed by atoms with E-state index in [2.05, 4.69) is 0 Å². The molecule has 0 aromatic heterocycles. The highest BCUT2D eigenvalue weighted by Gasteiger charge is 2.26. The Morgan fingerprint density at radius 2 is 2.00 bits per heavy atom. The van der Waals surface area contributed by atoms with Gasteiger partial charge >= 0.3 is 5.97 Å². The molecule has 0 radical (unpaired) electrons. The van der Waals surface area contributed by atoms with E-state index in [1.807, 2.05) is 18.2 Å². The van der Waals surface area contributed by atoms with Gasteiger partial charge < -0.3 is 14.6 Å². The Labute approximate surface area is 117 Å². The number of benzene rings is 1. The zero-order valence-corrected chi connectivity index (χ0v) is 12.0. The maximum Gasteiger partial charge on any atom is 0.309 e. The van der Waals surface area contributed by atoms with Gasteiger partial charge in [0, 0.05) is 4.90 Å². The molecule has 1 aromatic rings. The van der Waals surface area contributed by atoms with Gasteiger partial charge in [0.2, 0.25) is 0 Å². The third-order valence-electron chi connectivity index (χ3n) is 3.09. The highest BCUT2D eigenvalue weighted by Crippen LogP contribution is 2.35. The molecule has 0 bridgehead atoms. The predicted molar refractivity (Wildman–Crippen MR) is 74.2 cm³/mol. The van der Waals surface area contributed by atoms with E-state index >= 15 is 0 Å². The molecule has 1 aliphatic rings. The number of carbonyl (C=O) groups is 1. The van der Waals surface area contributed by atoms with Crippen LogP contribution in [0.4, 0.5) is 0 Å². The standard InChI is InChI=1S/C14H18O4S/c1-14(2,13(15)16)5-8-19-10-3-4-11-12(9-10)18-7-6-17-11/h3-4,9H,5-8H2,1-2H3,(H,15,16). The second-order valence-electron chi connectivity index (χ2n) is 5.09. The Balaban J connectivity index is 1.92. The fraction of sp³-hybridized carbons (Fsp3) is 0.500. The summed E-state index contributed by atoms with van der Waals surface area (Å²) in [4.78, 5) is 12.1. The lowest BCUT2D eigenvalue weighted by molar-refractivity contribution is -0.146. The van der Waals surface area contributed by atoms with Gasteiger partial charge in [-0.3, -0.25) is 4.79 Å². The molecule has 19 heavy (non-hydrogen) atoms. The minimum atomic E-state index is -0.754. The molecule has 0 atom stereocenters. The first-order valence-electron chi connectivity index (χ1n) is 6.25. The van der Waals surface area contributed by atoms with Gasteiger partial charge in [0.1, 0.15) is 13.2 Å². The minimum Gasteiger partial charge on any atom is -0.486 e. The minimum absolute atomic E-state index is 0.577. The highest BCUT2D eigenvalue weighted by molar-refractivity contribution is 7.99. The van der Waals surface area contributed by atoms with E-state index in [9.17, 15) is 4.79 Å². The number of rotatable bonds is 5. The molecule has 0 unspecified atom stereocenters. The van der Waals surface area contributed by atoms with Gasteiger partial charge in [-0.1, -0.05) is 0 Å². The SMILES string of the molecule is CC(C)(CCSc1ccc2c(c1)OCCO2)C(=O)O. The van der Waals surface area contributed by atoms with E-state index in [4.69, 9.17) is 14.6 Å².